The van der Waals surface area contributed by atoms with Crippen molar-refractivity contribution in [3.63, 3.8) is 0 Å². The number of nitrogens with one attached hydrogen (secondary N) is 1. The summed E-state index contributed by atoms with van der Waals surface area (Å²) >= 11 is 0. The van der Waals surface area contributed by atoms with Crippen LogP contribution in [0.5, 0.6) is 0 Å². The zero-order chi connectivity index (χ0) is 13.4. The normalized spacial score (nSPS) is 11.8. The van der Waals surface area contributed by atoms with E-state index in [2.05, 4.69) is 5.32 Å². The highest BCUT2D eigenvalue weighted by molar-refractivity contribution is 5.94. The first kappa shape index (κ1) is 14.2. The van der Waals surface area contributed by atoms with Crippen molar-refractivity contribution in [3.8, 4) is 0 Å². The van der Waals surface area contributed by atoms with E-state index in [4.69, 9.17) is 11.5 Å². The Balaban J connectivity index is 2.15. The van der Waals surface area contributed by atoms with Gasteiger partial charge in [-0.25, -0.2) is 0 Å². The smallest absolute Gasteiger partial charge is 0.251 e. The fourth-order valence-corrected chi connectivity index (χ4v) is 1.53. The Kier molecular flexibility index (Phi) is 5.87. The van der Waals surface area contributed by atoms with Crippen LogP contribution in [0, 0.1) is 0 Å². The topological polar surface area (TPSA) is 98.2 Å². The molecule has 0 aliphatic heterocycles. The molecule has 0 bridgehead atoms. The summed E-state index contributed by atoms with van der Waals surface area (Å²) in [6, 6.07) is 8.44. The third kappa shape index (κ3) is 4.97. The van der Waals surface area contributed by atoms with Crippen molar-refractivity contribution in [1.29, 1.82) is 0 Å². The molecule has 0 aliphatic carbocycles. The molecule has 0 aromatic heterocycles. The molecule has 1 aromatic carbocycles. The minimum Gasteiger partial charge on any atom is -0.368 e. The van der Waals surface area contributed by atoms with Crippen molar-refractivity contribution in [3.05, 3.63) is 35.9 Å². The number of amides is 2. The van der Waals surface area contributed by atoms with E-state index >= 15 is 0 Å². The molecule has 0 heterocycles. The number of rotatable bonds is 7. The monoisotopic (exact) mass is 249 g/mol. The van der Waals surface area contributed by atoms with Gasteiger partial charge < -0.3 is 16.8 Å². The second-order valence-electron chi connectivity index (χ2n) is 4.13. The molecule has 0 fully saturated rings. The maximum atomic E-state index is 11.6. The van der Waals surface area contributed by atoms with Crippen molar-refractivity contribution in [1.82, 2.24) is 5.32 Å². The van der Waals surface area contributed by atoms with Gasteiger partial charge in [-0.05, 0) is 31.4 Å². The molecule has 5 heteroatoms. The van der Waals surface area contributed by atoms with Crippen molar-refractivity contribution < 1.29 is 9.59 Å². The van der Waals surface area contributed by atoms with Crippen LogP contribution >= 0.6 is 0 Å². The fraction of sp³-hybridized carbons (Fsp3) is 0.385. The van der Waals surface area contributed by atoms with Crippen LogP contribution < -0.4 is 16.8 Å². The summed E-state index contributed by atoms with van der Waals surface area (Å²) in [5, 5.41) is 2.81. The summed E-state index contributed by atoms with van der Waals surface area (Å²) in [7, 11) is 0. The van der Waals surface area contributed by atoms with Gasteiger partial charge in [0.25, 0.3) is 5.91 Å². The second-order valence-corrected chi connectivity index (χ2v) is 4.13. The number of hydrogen-bond donors (Lipinski definition) is 3. The lowest BCUT2D eigenvalue weighted by Crippen LogP contribution is -2.36. The van der Waals surface area contributed by atoms with Gasteiger partial charge in [0.15, 0.2) is 0 Å². The van der Waals surface area contributed by atoms with E-state index in [9.17, 15) is 9.59 Å². The molecule has 1 atom stereocenters. The summed E-state index contributed by atoms with van der Waals surface area (Å²) in [6.07, 6.45) is 2.09. The van der Waals surface area contributed by atoms with E-state index < -0.39 is 11.9 Å². The standard InChI is InChI=1S/C13H19N3O2/c14-11(12(15)17)8-4-5-9-16-13(18)10-6-2-1-3-7-10/h1-3,6-7,11H,4-5,8-9,14H2,(H2,15,17)(H,16,18)/t11-/m0/s1. The Morgan fingerprint density at radius 2 is 1.83 bits per heavy atom. The van der Waals surface area contributed by atoms with Crippen molar-refractivity contribution in [2.75, 3.05) is 6.54 Å². The van der Waals surface area contributed by atoms with Gasteiger partial charge in [-0.3, -0.25) is 9.59 Å². The molecular weight excluding hydrogens is 230 g/mol. The second kappa shape index (κ2) is 7.45. The molecule has 5 N–H and O–H groups in total. The Labute approximate surface area is 107 Å². The lowest BCUT2D eigenvalue weighted by Gasteiger charge is -2.07. The summed E-state index contributed by atoms with van der Waals surface area (Å²) < 4.78 is 0. The van der Waals surface area contributed by atoms with Gasteiger partial charge in [0.2, 0.25) is 5.91 Å². The van der Waals surface area contributed by atoms with Crippen LogP contribution in [0.4, 0.5) is 0 Å². The molecular formula is C13H19N3O2. The molecule has 1 aromatic rings. The van der Waals surface area contributed by atoms with Crippen LogP contribution in [-0.4, -0.2) is 24.4 Å². The van der Waals surface area contributed by atoms with Crippen LogP contribution in [0.15, 0.2) is 30.3 Å². The molecule has 18 heavy (non-hydrogen) atoms. The zero-order valence-corrected chi connectivity index (χ0v) is 10.3. The number of nitrogens with two attached hydrogens (primary N) is 2. The Morgan fingerprint density at radius 3 is 2.44 bits per heavy atom. The number of unbranched alkanes of at least 4 members (excludes halogenated alkanes) is 1. The molecule has 0 spiro atoms. The van der Waals surface area contributed by atoms with Gasteiger partial charge >= 0.3 is 0 Å². The average molecular weight is 249 g/mol. The Morgan fingerprint density at radius 1 is 1.17 bits per heavy atom. The van der Waals surface area contributed by atoms with Gasteiger partial charge in [-0.1, -0.05) is 18.2 Å². The fourth-order valence-electron chi connectivity index (χ4n) is 1.53. The third-order valence-corrected chi connectivity index (χ3v) is 2.63. The number of carbonyl (C=O) groups excluding carboxylic acids is 2. The first-order chi connectivity index (χ1) is 8.61. The van der Waals surface area contributed by atoms with Crippen LogP contribution in [0.25, 0.3) is 0 Å². The predicted octanol–water partition coefficient (Wildman–Crippen LogP) is 0.399. The van der Waals surface area contributed by atoms with E-state index in [0.717, 1.165) is 12.8 Å². The number of benzene rings is 1. The van der Waals surface area contributed by atoms with Gasteiger partial charge in [0.05, 0.1) is 6.04 Å². The highest BCUT2D eigenvalue weighted by atomic mass is 16.2. The van der Waals surface area contributed by atoms with Gasteiger partial charge in [0.1, 0.15) is 0 Å². The molecule has 0 radical (unpaired) electrons. The average Bonchev–Trinajstić information content (AvgIpc) is 2.38. The predicted molar refractivity (Wildman–Crippen MR) is 69.8 cm³/mol. The molecule has 2 amide bonds. The van der Waals surface area contributed by atoms with Gasteiger partial charge in [-0.2, -0.15) is 0 Å². The lowest BCUT2D eigenvalue weighted by atomic mass is 10.1. The first-order valence-corrected chi connectivity index (χ1v) is 5.99. The van der Waals surface area contributed by atoms with Crippen LogP contribution in [0.2, 0.25) is 0 Å². The van der Waals surface area contributed by atoms with Crippen LogP contribution in [0.3, 0.4) is 0 Å². The molecule has 1 rings (SSSR count). The Bertz CT molecular complexity index is 392. The molecule has 98 valence electrons. The van der Waals surface area contributed by atoms with E-state index in [1.165, 1.54) is 0 Å². The van der Waals surface area contributed by atoms with E-state index in [1.807, 2.05) is 18.2 Å². The van der Waals surface area contributed by atoms with Crippen LogP contribution in [-0.2, 0) is 4.79 Å². The van der Waals surface area contributed by atoms with E-state index in [-0.39, 0.29) is 5.91 Å². The van der Waals surface area contributed by atoms with Crippen LogP contribution in [0.1, 0.15) is 29.6 Å². The molecule has 0 saturated heterocycles. The van der Waals surface area contributed by atoms with E-state index in [0.29, 0.717) is 18.5 Å². The number of carbonyl (C=O) groups is 2. The third-order valence-electron chi connectivity index (χ3n) is 2.63. The highest BCUT2D eigenvalue weighted by Crippen LogP contribution is 2.00. The molecule has 0 saturated carbocycles. The van der Waals surface area contributed by atoms with Crippen molar-refractivity contribution in [2.24, 2.45) is 11.5 Å². The van der Waals surface area contributed by atoms with Gasteiger partial charge in [0, 0.05) is 12.1 Å². The zero-order valence-electron chi connectivity index (χ0n) is 10.3. The summed E-state index contributed by atoms with van der Waals surface area (Å²) in [5.41, 5.74) is 11.2. The Hall–Kier alpha value is -1.88. The highest BCUT2D eigenvalue weighted by Gasteiger charge is 2.08. The quantitative estimate of drug-likeness (QED) is 0.610. The SMILES string of the molecule is NC(=O)[C@@H](N)CCCCNC(=O)c1ccccc1. The van der Waals surface area contributed by atoms with E-state index in [1.54, 1.807) is 12.1 Å². The number of primary amides is 1. The molecule has 5 nitrogen and oxygen atoms in total. The maximum Gasteiger partial charge on any atom is 0.251 e. The largest absolute Gasteiger partial charge is 0.368 e. The molecule has 0 unspecified atom stereocenters. The minimum absolute atomic E-state index is 0.0881. The van der Waals surface area contributed by atoms with Crippen molar-refractivity contribution in [2.45, 2.75) is 25.3 Å². The number of hydrogen-bond acceptors (Lipinski definition) is 3. The lowest BCUT2D eigenvalue weighted by molar-refractivity contribution is -0.119. The minimum atomic E-state index is -0.588. The van der Waals surface area contributed by atoms with Crippen molar-refractivity contribution >= 4 is 11.8 Å². The summed E-state index contributed by atoms with van der Waals surface area (Å²) in [4.78, 5) is 22.3. The van der Waals surface area contributed by atoms with Gasteiger partial charge in [-0.15, -0.1) is 0 Å². The summed E-state index contributed by atoms with van der Waals surface area (Å²) in [5.74, 6) is -0.571. The summed E-state index contributed by atoms with van der Waals surface area (Å²) in [6.45, 7) is 0.569. The first-order valence-electron chi connectivity index (χ1n) is 5.99. The molecule has 0 aliphatic rings. The maximum absolute atomic E-state index is 11.6.